The van der Waals surface area contributed by atoms with E-state index in [0.717, 1.165) is 6.21 Å². The van der Waals surface area contributed by atoms with Crippen LogP contribution in [0.25, 0.3) is 0 Å². The van der Waals surface area contributed by atoms with Gasteiger partial charge in [0, 0.05) is 0 Å². The van der Waals surface area contributed by atoms with Crippen LogP contribution in [0.15, 0.2) is 15.0 Å². The Labute approximate surface area is 77.3 Å². The van der Waals surface area contributed by atoms with Crippen LogP contribution in [0.2, 0.25) is 0 Å². The summed E-state index contributed by atoms with van der Waals surface area (Å²) in [5, 5.41) is 9.16. The van der Waals surface area contributed by atoms with Crippen LogP contribution in [0.3, 0.4) is 0 Å². The lowest BCUT2D eigenvalue weighted by Crippen LogP contribution is -2.45. The van der Waals surface area contributed by atoms with Crippen molar-refractivity contribution in [1.29, 1.82) is 5.41 Å². The molecule has 4 N–H and O–H groups in total. The number of carbonyl (C=O) groups is 2. The van der Waals surface area contributed by atoms with Crippen molar-refractivity contribution < 1.29 is 15.1 Å². The zero-order valence-corrected chi connectivity index (χ0v) is 6.74. The lowest BCUT2D eigenvalue weighted by atomic mass is 10.2. The largest absolute Gasteiger partial charge is 0.412 e. The molecule has 0 bridgehead atoms. The molecule has 8 heteroatoms. The van der Waals surface area contributed by atoms with Crippen LogP contribution in [0, 0.1) is 5.41 Å². The topological polar surface area (TPSA) is 139 Å². The summed E-state index contributed by atoms with van der Waals surface area (Å²) >= 11 is 0. The molecule has 0 spiro atoms. The van der Waals surface area contributed by atoms with Crippen molar-refractivity contribution in [2.24, 2.45) is 15.0 Å². The Balaban J connectivity index is 0.000000980. The highest BCUT2D eigenvalue weighted by Gasteiger charge is 2.27. The summed E-state index contributed by atoms with van der Waals surface area (Å²) in [6, 6.07) is 0. The van der Waals surface area contributed by atoms with E-state index < -0.39 is 11.8 Å². The SMILES string of the molecule is N=C1N=C2N=CC(=O)N=C2C(=O)N1.O. The summed E-state index contributed by atoms with van der Waals surface area (Å²) in [6.07, 6.45) is 0.953. The number of amides is 2. The Morgan fingerprint density at radius 1 is 1.29 bits per heavy atom. The first-order valence-electron chi connectivity index (χ1n) is 3.32. The summed E-state index contributed by atoms with van der Waals surface area (Å²) < 4.78 is 0. The standard InChI is InChI=1S/C6H3N5O2.H2O/c7-6-10-4-3(5(13)11-6)9-2(12)1-8-4;/h1H,(H2,7,11,13);1H2. The van der Waals surface area contributed by atoms with Crippen LogP contribution in [0.1, 0.15) is 0 Å². The van der Waals surface area contributed by atoms with Crippen molar-refractivity contribution in [1.82, 2.24) is 5.32 Å². The van der Waals surface area contributed by atoms with E-state index in [1.165, 1.54) is 0 Å². The van der Waals surface area contributed by atoms with E-state index in [4.69, 9.17) is 5.41 Å². The Morgan fingerprint density at radius 2 is 2.00 bits per heavy atom. The Morgan fingerprint density at radius 3 is 2.71 bits per heavy atom. The summed E-state index contributed by atoms with van der Waals surface area (Å²) in [4.78, 5) is 32.4. The number of aliphatic imine (C=N–C) groups is 3. The lowest BCUT2D eigenvalue weighted by Gasteiger charge is -2.13. The van der Waals surface area contributed by atoms with Gasteiger partial charge >= 0.3 is 0 Å². The van der Waals surface area contributed by atoms with Gasteiger partial charge in [-0.2, -0.15) is 9.98 Å². The Hall–Kier alpha value is -2.22. The van der Waals surface area contributed by atoms with Gasteiger partial charge in [0.2, 0.25) is 5.96 Å². The quantitative estimate of drug-likeness (QED) is 0.448. The molecule has 0 fully saturated rings. The summed E-state index contributed by atoms with van der Waals surface area (Å²) in [5.41, 5.74) is -0.136. The number of fused-ring (bicyclic) bond motifs is 1. The summed E-state index contributed by atoms with van der Waals surface area (Å²) in [5.74, 6) is -1.52. The number of hydrogen-bond donors (Lipinski definition) is 2. The molecule has 2 amide bonds. The maximum Gasteiger partial charge on any atom is 0.289 e. The van der Waals surface area contributed by atoms with Crippen molar-refractivity contribution >= 4 is 35.5 Å². The Bertz CT molecular complexity index is 419. The fraction of sp³-hybridized carbons (Fsp3) is 0. The van der Waals surface area contributed by atoms with Gasteiger partial charge in [0.05, 0.1) is 6.21 Å². The molecule has 0 atom stereocenters. The first-order chi connectivity index (χ1) is 6.16. The number of nitrogens with zero attached hydrogens (tertiary/aromatic N) is 3. The van der Waals surface area contributed by atoms with Crippen LogP contribution in [-0.2, 0) is 9.59 Å². The third kappa shape index (κ3) is 1.45. The van der Waals surface area contributed by atoms with E-state index in [9.17, 15) is 9.59 Å². The molecule has 2 aliphatic heterocycles. The summed E-state index contributed by atoms with van der Waals surface area (Å²) in [7, 11) is 0. The third-order valence-electron chi connectivity index (χ3n) is 1.40. The fourth-order valence-electron chi connectivity index (χ4n) is 0.901. The second kappa shape index (κ2) is 3.26. The van der Waals surface area contributed by atoms with Crippen molar-refractivity contribution in [3.8, 4) is 0 Å². The minimum Gasteiger partial charge on any atom is -0.412 e. The molecule has 0 aromatic carbocycles. The molecule has 0 radical (unpaired) electrons. The minimum atomic E-state index is -0.625. The first-order valence-corrected chi connectivity index (χ1v) is 3.32. The molecule has 2 rings (SSSR count). The van der Waals surface area contributed by atoms with E-state index in [-0.39, 0.29) is 23.0 Å². The molecule has 2 heterocycles. The van der Waals surface area contributed by atoms with Crippen LogP contribution in [0.5, 0.6) is 0 Å². The van der Waals surface area contributed by atoms with E-state index in [1.54, 1.807) is 0 Å². The van der Waals surface area contributed by atoms with Gasteiger partial charge in [-0.15, -0.1) is 0 Å². The molecule has 8 nitrogen and oxygen atoms in total. The second-order valence-corrected chi connectivity index (χ2v) is 2.29. The van der Waals surface area contributed by atoms with Gasteiger partial charge in [-0.25, -0.2) is 4.99 Å². The van der Waals surface area contributed by atoms with Gasteiger partial charge in [0.25, 0.3) is 11.8 Å². The van der Waals surface area contributed by atoms with E-state index >= 15 is 0 Å². The molecule has 0 unspecified atom stereocenters. The highest BCUT2D eigenvalue weighted by atomic mass is 16.2. The monoisotopic (exact) mass is 195 g/mol. The van der Waals surface area contributed by atoms with E-state index in [0.29, 0.717) is 0 Å². The predicted octanol–water partition coefficient (Wildman–Crippen LogP) is -2.32. The average molecular weight is 195 g/mol. The highest BCUT2D eigenvalue weighted by Crippen LogP contribution is 1.99. The second-order valence-electron chi connectivity index (χ2n) is 2.29. The molecule has 0 saturated carbocycles. The molecule has 2 aliphatic rings. The molecule has 72 valence electrons. The molecule has 0 saturated heterocycles. The molecule has 0 aromatic heterocycles. The predicted molar refractivity (Wildman–Crippen MR) is 47.9 cm³/mol. The molecule has 0 aromatic rings. The highest BCUT2D eigenvalue weighted by molar-refractivity contribution is 6.72. The van der Waals surface area contributed by atoms with Gasteiger partial charge in [-0.1, -0.05) is 0 Å². The molecular weight excluding hydrogens is 190 g/mol. The van der Waals surface area contributed by atoms with Gasteiger partial charge in [-0.05, 0) is 0 Å². The maximum absolute atomic E-state index is 11.1. The molecular formula is C6H5N5O3. The minimum absolute atomic E-state index is 0. The van der Waals surface area contributed by atoms with Crippen molar-refractivity contribution in [2.45, 2.75) is 0 Å². The van der Waals surface area contributed by atoms with Crippen LogP contribution < -0.4 is 5.32 Å². The number of rotatable bonds is 0. The summed E-state index contributed by atoms with van der Waals surface area (Å²) in [6.45, 7) is 0. The number of guanidine groups is 1. The third-order valence-corrected chi connectivity index (χ3v) is 1.40. The van der Waals surface area contributed by atoms with Gasteiger partial charge in [0.15, 0.2) is 11.5 Å². The van der Waals surface area contributed by atoms with Gasteiger partial charge in [0.1, 0.15) is 0 Å². The number of hydrogen-bond acceptors (Lipinski definition) is 4. The van der Waals surface area contributed by atoms with Crippen LogP contribution in [-0.4, -0.2) is 41.0 Å². The average Bonchev–Trinajstić information content (AvgIpc) is 2.06. The smallest absolute Gasteiger partial charge is 0.289 e. The van der Waals surface area contributed by atoms with Crippen molar-refractivity contribution in [3.05, 3.63) is 0 Å². The van der Waals surface area contributed by atoms with E-state index in [1.807, 2.05) is 0 Å². The van der Waals surface area contributed by atoms with Crippen LogP contribution in [0.4, 0.5) is 0 Å². The number of carbonyl (C=O) groups excluding carboxylic acids is 2. The lowest BCUT2D eigenvalue weighted by molar-refractivity contribution is -0.115. The zero-order valence-electron chi connectivity index (χ0n) is 6.74. The first kappa shape index (κ1) is 9.86. The fourth-order valence-corrected chi connectivity index (χ4v) is 0.901. The number of nitrogens with one attached hydrogen (secondary N) is 2. The van der Waals surface area contributed by atoms with Gasteiger partial charge < -0.3 is 5.48 Å². The maximum atomic E-state index is 11.1. The molecule has 0 aliphatic carbocycles. The van der Waals surface area contributed by atoms with Crippen molar-refractivity contribution in [2.75, 3.05) is 0 Å². The number of amidine groups is 1. The van der Waals surface area contributed by atoms with Crippen LogP contribution >= 0.6 is 0 Å². The molecule has 14 heavy (non-hydrogen) atoms. The Kier molecular flexibility index (Phi) is 2.30. The van der Waals surface area contributed by atoms with E-state index in [2.05, 4.69) is 20.3 Å². The van der Waals surface area contributed by atoms with Crippen molar-refractivity contribution in [3.63, 3.8) is 0 Å². The normalized spacial score (nSPS) is 19.0. The zero-order chi connectivity index (χ0) is 9.42. The van der Waals surface area contributed by atoms with Gasteiger partial charge in [-0.3, -0.25) is 20.3 Å².